The van der Waals surface area contributed by atoms with Crippen molar-refractivity contribution >= 4 is 32.9 Å². The Labute approximate surface area is 175 Å². The van der Waals surface area contributed by atoms with Crippen molar-refractivity contribution in [3.8, 4) is 5.75 Å². The molecule has 0 aliphatic heterocycles. The van der Waals surface area contributed by atoms with Gasteiger partial charge in [-0.2, -0.15) is 0 Å². The number of imidazole rings is 1. The lowest BCUT2D eigenvalue weighted by molar-refractivity contribution is 0.102. The lowest BCUT2D eigenvalue weighted by Crippen LogP contribution is -2.26. The van der Waals surface area contributed by atoms with E-state index in [0.29, 0.717) is 12.5 Å². The molecule has 1 amide bonds. The minimum absolute atomic E-state index is 0.0494. The summed E-state index contributed by atoms with van der Waals surface area (Å²) < 4.78 is 35.2. The van der Waals surface area contributed by atoms with Crippen LogP contribution < -0.4 is 14.8 Å². The monoisotopic (exact) mass is 428 g/mol. The molecule has 4 rings (SSSR count). The average Bonchev–Trinajstić information content (AvgIpc) is 3.48. The number of hydrogen-bond acceptors (Lipinski definition) is 5. The number of aromatic nitrogens is 2. The maximum Gasteiger partial charge on any atom is 0.258 e. The minimum Gasteiger partial charge on any atom is -0.495 e. The molecular formula is C21H24N4O4S. The van der Waals surface area contributed by atoms with Gasteiger partial charge in [-0.15, -0.1) is 0 Å². The Hall–Kier alpha value is -2.91. The molecular weight excluding hydrogens is 404 g/mol. The maximum absolute atomic E-state index is 12.9. The van der Waals surface area contributed by atoms with E-state index in [1.807, 2.05) is 35.8 Å². The summed E-state index contributed by atoms with van der Waals surface area (Å²) in [6, 6.07) is 12.0. The van der Waals surface area contributed by atoms with Gasteiger partial charge in [0.15, 0.2) is 0 Å². The molecule has 1 heterocycles. The lowest BCUT2D eigenvalue weighted by atomic mass is 10.2. The first-order valence-corrected chi connectivity index (χ1v) is 11.4. The number of anilines is 1. The Morgan fingerprint density at radius 3 is 2.70 bits per heavy atom. The third-order valence-corrected chi connectivity index (χ3v) is 6.48. The second-order valence-corrected chi connectivity index (χ2v) is 8.97. The zero-order chi connectivity index (χ0) is 21.3. The number of carbonyl (C=O) groups excluding carboxylic acids is 1. The molecule has 2 aromatic carbocycles. The molecule has 0 saturated heterocycles. The van der Waals surface area contributed by atoms with E-state index in [1.54, 1.807) is 0 Å². The van der Waals surface area contributed by atoms with Gasteiger partial charge in [-0.25, -0.2) is 18.1 Å². The number of carbonyl (C=O) groups is 1. The molecule has 1 aliphatic rings. The highest BCUT2D eigenvalue weighted by atomic mass is 32.2. The number of amides is 1. The van der Waals surface area contributed by atoms with Gasteiger partial charge in [0.05, 0.1) is 18.1 Å². The van der Waals surface area contributed by atoms with Crippen molar-refractivity contribution in [3.05, 3.63) is 48.0 Å². The van der Waals surface area contributed by atoms with Crippen LogP contribution in [0.4, 0.5) is 5.95 Å². The minimum atomic E-state index is -3.78. The summed E-state index contributed by atoms with van der Waals surface area (Å²) in [7, 11) is -2.38. The number of methoxy groups -OCH3 is 1. The van der Waals surface area contributed by atoms with Crippen LogP contribution in [-0.2, 0) is 16.6 Å². The number of fused-ring (bicyclic) bond motifs is 1. The van der Waals surface area contributed by atoms with Crippen LogP contribution in [0.3, 0.4) is 0 Å². The van der Waals surface area contributed by atoms with Gasteiger partial charge in [0.2, 0.25) is 16.0 Å². The quantitative estimate of drug-likeness (QED) is 0.574. The number of rotatable bonds is 8. The number of nitrogens with zero attached hydrogens (tertiary/aromatic N) is 2. The van der Waals surface area contributed by atoms with E-state index in [1.165, 1.54) is 25.3 Å². The molecule has 1 fully saturated rings. The fraction of sp³-hybridized carbons (Fsp3) is 0.333. The summed E-state index contributed by atoms with van der Waals surface area (Å²) in [5.41, 5.74) is 1.93. The average molecular weight is 429 g/mol. The van der Waals surface area contributed by atoms with Crippen LogP contribution >= 0.6 is 0 Å². The van der Waals surface area contributed by atoms with Gasteiger partial charge in [-0.1, -0.05) is 19.1 Å². The van der Waals surface area contributed by atoms with Gasteiger partial charge in [0.1, 0.15) is 10.6 Å². The Balaban J connectivity index is 1.66. The molecule has 1 aliphatic carbocycles. The first kappa shape index (κ1) is 20.4. The van der Waals surface area contributed by atoms with Crippen LogP contribution in [0.1, 0.15) is 36.5 Å². The van der Waals surface area contributed by atoms with E-state index in [-0.39, 0.29) is 22.3 Å². The summed E-state index contributed by atoms with van der Waals surface area (Å²) in [6.07, 6.45) is 2.51. The van der Waals surface area contributed by atoms with Gasteiger partial charge in [0.25, 0.3) is 5.91 Å². The molecule has 2 N–H and O–H groups in total. The topological polar surface area (TPSA) is 102 Å². The van der Waals surface area contributed by atoms with Crippen LogP contribution in [0.5, 0.6) is 5.75 Å². The summed E-state index contributed by atoms with van der Waals surface area (Å²) in [4.78, 5) is 17.4. The molecule has 8 nitrogen and oxygen atoms in total. The summed E-state index contributed by atoms with van der Waals surface area (Å²) in [5, 5.41) is 2.83. The first-order chi connectivity index (χ1) is 14.4. The molecule has 0 unspecified atom stereocenters. The lowest BCUT2D eigenvalue weighted by Gasteiger charge is -2.13. The van der Waals surface area contributed by atoms with Crippen molar-refractivity contribution in [2.45, 2.75) is 43.7 Å². The Bertz CT molecular complexity index is 1200. The van der Waals surface area contributed by atoms with E-state index in [9.17, 15) is 13.2 Å². The second-order valence-electron chi connectivity index (χ2n) is 7.29. The molecule has 0 bridgehead atoms. The molecule has 1 saturated carbocycles. The fourth-order valence-electron chi connectivity index (χ4n) is 3.31. The Kier molecular flexibility index (Phi) is 5.48. The summed E-state index contributed by atoms with van der Waals surface area (Å²) >= 11 is 0. The number of para-hydroxylation sites is 2. The van der Waals surface area contributed by atoms with Crippen LogP contribution in [0, 0.1) is 0 Å². The van der Waals surface area contributed by atoms with Crippen molar-refractivity contribution < 1.29 is 17.9 Å². The van der Waals surface area contributed by atoms with E-state index < -0.39 is 15.9 Å². The molecule has 3 aromatic rings. The molecule has 0 spiro atoms. The first-order valence-electron chi connectivity index (χ1n) is 9.90. The zero-order valence-electron chi connectivity index (χ0n) is 16.9. The van der Waals surface area contributed by atoms with E-state index in [0.717, 1.165) is 30.3 Å². The van der Waals surface area contributed by atoms with Gasteiger partial charge < -0.3 is 9.30 Å². The SMILES string of the molecule is CCCn1c(NC(=O)c2ccc(OC)c(S(=O)(=O)NC3CC3)c2)nc2ccccc21. The highest BCUT2D eigenvalue weighted by Crippen LogP contribution is 2.29. The largest absolute Gasteiger partial charge is 0.495 e. The summed E-state index contributed by atoms with van der Waals surface area (Å²) in [6.45, 7) is 2.75. The van der Waals surface area contributed by atoms with E-state index >= 15 is 0 Å². The third kappa shape index (κ3) is 4.03. The predicted octanol–water partition coefficient (Wildman–Crippen LogP) is 3.15. The number of sulfonamides is 1. The Morgan fingerprint density at radius 2 is 2.00 bits per heavy atom. The molecule has 158 valence electrons. The number of aryl methyl sites for hydroxylation is 1. The van der Waals surface area contributed by atoms with Crippen molar-refractivity contribution in [1.29, 1.82) is 0 Å². The highest BCUT2D eigenvalue weighted by molar-refractivity contribution is 7.89. The summed E-state index contributed by atoms with van der Waals surface area (Å²) in [5.74, 6) is 0.186. The van der Waals surface area contributed by atoms with Gasteiger partial charge in [0, 0.05) is 18.2 Å². The van der Waals surface area contributed by atoms with Crippen LogP contribution in [0.25, 0.3) is 11.0 Å². The van der Waals surface area contributed by atoms with Gasteiger partial charge >= 0.3 is 0 Å². The predicted molar refractivity (Wildman–Crippen MR) is 114 cm³/mol. The number of nitrogens with one attached hydrogen (secondary N) is 2. The smallest absolute Gasteiger partial charge is 0.258 e. The van der Waals surface area contributed by atoms with E-state index in [4.69, 9.17) is 4.74 Å². The zero-order valence-corrected chi connectivity index (χ0v) is 17.7. The van der Waals surface area contributed by atoms with E-state index in [2.05, 4.69) is 15.0 Å². The normalized spacial score (nSPS) is 14.1. The molecule has 9 heteroatoms. The van der Waals surface area contributed by atoms with Crippen LogP contribution in [0.2, 0.25) is 0 Å². The van der Waals surface area contributed by atoms with Crippen molar-refractivity contribution in [1.82, 2.24) is 14.3 Å². The number of hydrogen-bond donors (Lipinski definition) is 2. The van der Waals surface area contributed by atoms with Crippen LogP contribution in [-0.4, -0.2) is 37.0 Å². The van der Waals surface area contributed by atoms with Gasteiger partial charge in [-0.3, -0.25) is 10.1 Å². The molecule has 0 atom stereocenters. The highest BCUT2D eigenvalue weighted by Gasteiger charge is 2.30. The number of benzene rings is 2. The van der Waals surface area contributed by atoms with Gasteiger partial charge in [-0.05, 0) is 49.6 Å². The second kappa shape index (κ2) is 8.08. The van der Waals surface area contributed by atoms with Crippen molar-refractivity contribution in [3.63, 3.8) is 0 Å². The molecule has 0 radical (unpaired) electrons. The third-order valence-electron chi connectivity index (χ3n) is 4.94. The molecule has 30 heavy (non-hydrogen) atoms. The van der Waals surface area contributed by atoms with Crippen molar-refractivity contribution in [2.24, 2.45) is 0 Å². The Morgan fingerprint density at radius 1 is 1.23 bits per heavy atom. The number of ether oxygens (including phenoxy) is 1. The molecule has 1 aromatic heterocycles. The van der Waals surface area contributed by atoms with Crippen LogP contribution in [0.15, 0.2) is 47.4 Å². The van der Waals surface area contributed by atoms with Crippen molar-refractivity contribution in [2.75, 3.05) is 12.4 Å². The fourth-order valence-corrected chi connectivity index (χ4v) is 4.81. The standard InChI is InChI=1S/C21H24N4O4S/c1-3-12-25-17-7-5-4-6-16(17)22-21(25)23-20(26)14-8-11-18(29-2)19(13-14)30(27,28)24-15-9-10-15/h4-8,11,13,15,24H,3,9-10,12H2,1-2H3,(H,22,23,26). The maximum atomic E-state index is 12.9.